The molecule has 0 bridgehead atoms. The van der Waals surface area contributed by atoms with E-state index in [4.69, 9.17) is 37.4 Å². The summed E-state index contributed by atoms with van der Waals surface area (Å²) in [4.78, 5) is 40.3. The number of hydrogen-bond donors (Lipinski definition) is 3. The summed E-state index contributed by atoms with van der Waals surface area (Å²) < 4.78 is 32.8. The summed E-state index contributed by atoms with van der Waals surface area (Å²) in [6, 6.07) is 2.95. The van der Waals surface area contributed by atoms with Crippen molar-refractivity contribution in [3.05, 3.63) is 40.4 Å². The van der Waals surface area contributed by atoms with Crippen LogP contribution in [0.15, 0.2) is 24.8 Å². The molecule has 14 heteroatoms. The van der Waals surface area contributed by atoms with Crippen molar-refractivity contribution in [2.45, 2.75) is 97.1 Å². The molecule has 0 aliphatic carbocycles. The lowest BCUT2D eigenvalue weighted by atomic mass is 9.85. The fourth-order valence-electron chi connectivity index (χ4n) is 4.77. The van der Waals surface area contributed by atoms with Gasteiger partial charge in [-0.15, -0.1) is 4.72 Å². The zero-order valence-electron chi connectivity index (χ0n) is 29.1. The Hall–Kier alpha value is -2.38. The number of alkyl carbamates (subject to hydrolysis) is 2. The Labute approximate surface area is 293 Å². The van der Waals surface area contributed by atoms with Crippen molar-refractivity contribution in [1.29, 1.82) is 0 Å². The normalized spacial score (nSPS) is 15.9. The molecule has 266 valence electrons. The molecule has 0 saturated carbocycles. The van der Waals surface area contributed by atoms with Crippen molar-refractivity contribution in [2.75, 3.05) is 32.8 Å². The molecule has 1 heterocycles. The van der Waals surface area contributed by atoms with Gasteiger partial charge >= 0.3 is 12.2 Å². The van der Waals surface area contributed by atoms with E-state index in [1.54, 1.807) is 64.7 Å². The molecule has 1 aliphatic heterocycles. The fraction of sp³-hybridized carbons (Fsp3) is 0.667. The number of hydrogen-bond acceptors (Lipinski definition) is 8. The number of rotatable bonds is 12. The minimum absolute atomic E-state index is 0.0492. The van der Waals surface area contributed by atoms with Gasteiger partial charge in [0.1, 0.15) is 28.3 Å². The van der Waals surface area contributed by atoms with Gasteiger partial charge in [0, 0.05) is 49.2 Å². The molecular weight excluding hydrogens is 667 g/mol. The van der Waals surface area contributed by atoms with Crippen molar-refractivity contribution in [2.24, 2.45) is 11.8 Å². The Balaban J connectivity index is 2.28. The van der Waals surface area contributed by atoms with E-state index in [1.165, 1.54) is 0 Å². The van der Waals surface area contributed by atoms with Crippen LogP contribution in [0.1, 0.15) is 86.8 Å². The van der Waals surface area contributed by atoms with Crippen molar-refractivity contribution >= 4 is 52.7 Å². The molecule has 2 unspecified atom stereocenters. The summed E-state index contributed by atoms with van der Waals surface area (Å²) in [7, 11) is 0. The second-order valence-corrected chi connectivity index (χ2v) is 17.3. The van der Waals surface area contributed by atoms with Crippen molar-refractivity contribution in [1.82, 2.24) is 20.3 Å². The first-order chi connectivity index (χ1) is 21.6. The molecular formula is C33H52Cl2N4O7S. The molecule has 1 fully saturated rings. The second kappa shape index (κ2) is 17.3. The third-order valence-electron chi connectivity index (χ3n) is 6.99. The monoisotopic (exact) mass is 718 g/mol. The summed E-state index contributed by atoms with van der Waals surface area (Å²) in [5, 5.41) is 5.99. The maximum absolute atomic E-state index is 13.8. The lowest BCUT2D eigenvalue weighted by molar-refractivity contribution is -0.136. The van der Waals surface area contributed by atoms with Crippen LogP contribution >= 0.6 is 23.2 Å². The summed E-state index contributed by atoms with van der Waals surface area (Å²) in [5.41, 5.74) is -0.719. The van der Waals surface area contributed by atoms with Crippen LogP contribution in [-0.2, 0) is 25.6 Å². The minimum Gasteiger partial charge on any atom is -0.598 e. The Kier molecular flexibility index (Phi) is 15.0. The van der Waals surface area contributed by atoms with Crippen LogP contribution in [0.5, 0.6) is 5.75 Å². The smallest absolute Gasteiger partial charge is 0.407 e. The van der Waals surface area contributed by atoms with Crippen LogP contribution in [0.4, 0.5) is 9.59 Å². The third-order valence-corrected chi connectivity index (χ3v) is 9.29. The van der Waals surface area contributed by atoms with Crippen LogP contribution < -0.4 is 20.1 Å². The zero-order valence-corrected chi connectivity index (χ0v) is 31.4. The molecule has 0 aromatic heterocycles. The highest BCUT2D eigenvalue weighted by Crippen LogP contribution is 2.41. The van der Waals surface area contributed by atoms with E-state index in [2.05, 4.69) is 21.9 Å². The van der Waals surface area contributed by atoms with E-state index in [9.17, 15) is 18.9 Å². The quantitative estimate of drug-likeness (QED) is 0.163. The standard InChI is InChI=1S/C33H52Cl2N4O7S/c1-11-16-44-26-18-25(35)24(34)17-23(26)27(38-47(43)33(8,9)10)21-12-14-39(15-13-21)28(40)22(19-36-29(41)45-31(2,3)4)20-37-30(42)46-32(5,6)7/h11,17-18,21-22,27,38H,1,12-16,19-20H2,2-10H3,(H,36,41)(H,37,42). The number of benzene rings is 1. The minimum atomic E-state index is -1.44. The van der Waals surface area contributed by atoms with Gasteiger partial charge in [-0.3, -0.25) is 4.79 Å². The van der Waals surface area contributed by atoms with E-state index in [-0.39, 0.29) is 31.5 Å². The van der Waals surface area contributed by atoms with Gasteiger partial charge in [0.25, 0.3) is 0 Å². The van der Waals surface area contributed by atoms with E-state index in [1.807, 2.05) is 20.8 Å². The molecule has 0 radical (unpaired) electrons. The van der Waals surface area contributed by atoms with Crippen LogP contribution in [0.2, 0.25) is 10.0 Å². The number of amides is 3. The predicted octanol–water partition coefficient (Wildman–Crippen LogP) is 6.56. The van der Waals surface area contributed by atoms with Crippen molar-refractivity contribution in [3.8, 4) is 5.75 Å². The summed E-state index contributed by atoms with van der Waals surface area (Å²) in [5.74, 6) is -0.555. The molecule has 3 amide bonds. The second-order valence-electron chi connectivity index (χ2n) is 14.5. The summed E-state index contributed by atoms with van der Waals surface area (Å²) in [6.45, 7) is 20.8. The number of carbonyl (C=O) groups is 3. The lowest BCUT2D eigenvalue weighted by Crippen LogP contribution is -2.51. The van der Waals surface area contributed by atoms with Gasteiger partial charge in [-0.2, -0.15) is 0 Å². The third kappa shape index (κ3) is 13.9. The van der Waals surface area contributed by atoms with Gasteiger partial charge in [0.05, 0.1) is 22.0 Å². The highest BCUT2D eigenvalue weighted by molar-refractivity contribution is 7.90. The molecule has 2 rings (SSSR count). The van der Waals surface area contributed by atoms with Gasteiger partial charge < -0.3 is 34.3 Å². The summed E-state index contributed by atoms with van der Waals surface area (Å²) >= 11 is 11.4. The Bertz CT molecular complexity index is 1210. The molecule has 3 N–H and O–H groups in total. The van der Waals surface area contributed by atoms with Crippen LogP contribution in [-0.4, -0.2) is 76.3 Å². The average Bonchev–Trinajstić information content (AvgIpc) is 2.93. The Morgan fingerprint density at radius 3 is 1.89 bits per heavy atom. The first kappa shape index (κ1) is 40.8. The first-order valence-electron chi connectivity index (χ1n) is 15.7. The highest BCUT2D eigenvalue weighted by atomic mass is 35.5. The SMILES string of the molecule is C=CCOc1cc(Cl)c(Cl)cc1C(N[S+]([O-])C(C)(C)C)C1CCN(C(=O)C(CNC(=O)OC(C)(C)C)CNC(=O)OC(C)(C)C)CC1. The zero-order chi connectivity index (χ0) is 35.7. The van der Waals surface area contributed by atoms with Gasteiger partial charge in [-0.05, 0) is 87.1 Å². The molecule has 1 aromatic rings. The Morgan fingerprint density at radius 1 is 0.957 bits per heavy atom. The number of ether oxygens (including phenoxy) is 3. The first-order valence-corrected chi connectivity index (χ1v) is 17.6. The van der Waals surface area contributed by atoms with E-state index < -0.39 is 51.5 Å². The molecule has 11 nitrogen and oxygen atoms in total. The maximum atomic E-state index is 13.8. The molecule has 1 saturated heterocycles. The number of likely N-dealkylation sites (tertiary alicyclic amines) is 1. The topological polar surface area (TPSA) is 141 Å². The lowest BCUT2D eigenvalue weighted by Gasteiger charge is -2.39. The summed E-state index contributed by atoms with van der Waals surface area (Å²) in [6.07, 6.45) is 1.43. The number of nitrogens with one attached hydrogen (secondary N) is 3. The van der Waals surface area contributed by atoms with E-state index in [0.29, 0.717) is 47.3 Å². The Morgan fingerprint density at radius 2 is 1.45 bits per heavy atom. The van der Waals surface area contributed by atoms with Gasteiger partial charge in [-0.1, -0.05) is 35.9 Å². The van der Waals surface area contributed by atoms with Gasteiger partial charge in [0.2, 0.25) is 5.91 Å². The maximum Gasteiger partial charge on any atom is 0.407 e. The number of carbonyl (C=O) groups excluding carboxylic acids is 3. The highest BCUT2D eigenvalue weighted by Gasteiger charge is 2.38. The van der Waals surface area contributed by atoms with Crippen LogP contribution in [0.3, 0.4) is 0 Å². The number of piperidine rings is 1. The molecule has 1 aromatic carbocycles. The number of halogens is 2. The predicted molar refractivity (Wildman–Crippen MR) is 187 cm³/mol. The molecule has 1 aliphatic rings. The van der Waals surface area contributed by atoms with Gasteiger partial charge in [-0.25, -0.2) is 9.59 Å². The van der Waals surface area contributed by atoms with Crippen molar-refractivity contribution < 1.29 is 33.1 Å². The van der Waals surface area contributed by atoms with E-state index in [0.717, 1.165) is 0 Å². The largest absolute Gasteiger partial charge is 0.598 e. The van der Waals surface area contributed by atoms with Crippen molar-refractivity contribution in [3.63, 3.8) is 0 Å². The number of nitrogens with zero attached hydrogens (tertiary/aromatic N) is 1. The van der Waals surface area contributed by atoms with E-state index >= 15 is 0 Å². The fourth-order valence-corrected chi connectivity index (χ4v) is 6.00. The molecule has 47 heavy (non-hydrogen) atoms. The molecule has 0 spiro atoms. The van der Waals surface area contributed by atoms with Gasteiger partial charge in [0.15, 0.2) is 0 Å². The molecule has 2 atom stereocenters. The average molecular weight is 720 g/mol. The van der Waals surface area contributed by atoms with Crippen LogP contribution in [0.25, 0.3) is 0 Å². The van der Waals surface area contributed by atoms with Crippen LogP contribution in [0, 0.1) is 11.8 Å².